The fraction of sp³-hybridized carbons (Fsp3) is 0.467. The fourth-order valence-electron chi connectivity index (χ4n) is 2.51. The van der Waals surface area contributed by atoms with E-state index in [-0.39, 0.29) is 11.7 Å². The summed E-state index contributed by atoms with van der Waals surface area (Å²) in [6.07, 6.45) is 3.85. The van der Waals surface area contributed by atoms with Gasteiger partial charge in [-0.15, -0.1) is 0 Å². The molecule has 3 rings (SSSR count). The summed E-state index contributed by atoms with van der Waals surface area (Å²) in [5.41, 5.74) is 0.926. The van der Waals surface area contributed by atoms with Crippen molar-refractivity contribution in [2.75, 3.05) is 36.4 Å². The second kappa shape index (κ2) is 7.08. The largest absolute Gasteiger partial charge is 0.356 e. The smallest absolute Gasteiger partial charge is 0.289 e. The van der Waals surface area contributed by atoms with Crippen molar-refractivity contribution in [3.05, 3.63) is 29.8 Å². The molecule has 2 aromatic rings. The molecule has 1 aliphatic heterocycles. The summed E-state index contributed by atoms with van der Waals surface area (Å²) in [5, 5.41) is 9.38. The maximum Gasteiger partial charge on any atom is 0.289 e. The number of nitrogens with zero attached hydrogens (tertiary/aromatic N) is 4. The number of aryl methyl sites for hydroxylation is 1. The van der Waals surface area contributed by atoms with E-state index in [1.54, 1.807) is 0 Å². The number of carbonyl (C=O) groups is 1. The van der Waals surface area contributed by atoms with Gasteiger partial charge in [-0.3, -0.25) is 4.79 Å². The normalized spacial score (nSPS) is 14.0. The van der Waals surface area contributed by atoms with Gasteiger partial charge in [0.1, 0.15) is 5.82 Å². The Morgan fingerprint density at radius 3 is 2.87 bits per heavy atom. The molecule has 0 spiro atoms. The molecule has 0 saturated carbocycles. The minimum atomic E-state index is -0.285. The molecule has 8 heteroatoms. The number of rotatable bonds is 6. The lowest BCUT2D eigenvalue weighted by atomic mass is 10.4. The van der Waals surface area contributed by atoms with E-state index in [0.29, 0.717) is 19.0 Å². The van der Waals surface area contributed by atoms with Gasteiger partial charge in [0.05, 0.1) is 6.20 Å². The highest BCUT2D eigenvalue weighted by molar-refractivity contribution is 5.91. The predicted molar refractivity (Wildman–Crippen MR) is 85.5 cm³/mol. The molecule has 2 aromatic heterocycles. The molecule has 0 unspecified atom stereocenters. The van der Waals surface area contributed by atoms with E-state index < -0.39 is 0 Å². The average Bonchev–Trinajstić information content (AvgIpc) is 3.23. The number of aromatic nitrogens is 3. The molecule has 0 aliphatic carbocycles. The molecule has 122 valence electrons. The second-order valence-corrected chi connectivity index (χ2v) is 5.44. The van der Waals surface area contributed by atoms with E-state index in [9.17, 15) is 4.79 Å². The monoisotopic (exact) mass is 316 g/mol. The van der Waals surface area contributed by atoms with E-state index >= 15 is 0 Å². The highest BCUT2D eigenvalue weighted by atomic mass is 16.5. The lowest BCUT2D eigenvalue weighted by Crippen LogP contribution is -2.29. The number of carbonyl (C=O) groups excluding carboxylic acids is 1. The van der Waals surface area contributed by atoms with Crippen LogP contribution in [0.3, 0.4) is 0 Å². The van der Waals surface area contributed by atoms with Crippen molar-refractivity contribution in [3.8, 4) is 0 Å². The van der Waals surface area contributed by atoms with Gasteiger partial charge in [0.2, 0.25) is 11.7 Å². The summed E-state index contributed by atoms with van der Waals surface area (Å²) in [6.45, 7) is 5.02. The van der Waals surface area contributed by atoms with Gasteiger partial charge in [-0.1, -0.05) is 5.16 Å². The summed E-state index contributed by atoms with van der Waals surface area (Å²) in [5.74, 6) is 1.46. The second-order valence-electron chi connectivity index (χ2n) is 5.44. The van der Waals surface area contributed by atoms with Crippen LogP contribution in [-0.4, -0.2) is 47.2 Å². The molecule has 0 aromatic carbocycles. The molecule has 1 fully saturated rings. The zero-order chi connectivity index (χ0) is 16.1. The van der Waals surface area contributed by atoms with Gasteiger partial charge < -0.3 is 20.1 Å². The molecule has 1 aliphatic rings. The van der Waals surface area contributed by atoms with Crippen molar-refractivity contribution < 1.29 is 9.32 Å². The molecular formula is C15H20N6O2. The van der Waals surface area contributed by atoms with Crippen LogP contribution in [0.4, 0.5) is 11.8 Å². The van der Waals surface area contributed by atoms with Gasteiger partial charge in [0.15, 0.2) is 0 Å². The van der Waals surface area contributed by atoms with E-state index in [1.165, 1.54) is 25.1 Å². The third-order valence-corrected chi connectivity index (χ3v) is 3.63. The van der Waals surface area contributed by atoms with E-state index in [2.05, 4.69) is 30.7 Å². The third-order valence-electron chi connectivity index (χ3n) is 3.63. The first-order chi connectivity index (χ1) is 11.2. The lowest BCUT2D eigenvalue weighted by Gasteiger charge is -2.17. The molecule has 3 heterocycles. The maximum atomic E-state index is 11.7. The molecule has 8 nitrogen and oxygen atoms in total. The Hall–Kier alpha value is -2.64. The standard InChI is InChI=1S/C15H20N6O2/c1-11-10-13(21-8-2-3-9-21)20-15(19-11)17-7-6-16-14(22)12-4-5-18-23-12/h4-5,10H,2-3,6-9H2,1H3,(H,16,22)(H,17,19,20). The molecule has 0 atom stereocenters. The van der Waals surface area contributed by atoms with Crippen molar-refractivity contribution in [3.63, 3.8) is 0 Å². The topological polar surface area (TPSA) is 96.2 Å². The van der Waals surface area contributed by atoms with Crippen LogP contribution in [0.5, 0.6) is 0 Å². The molecule has 1 saturated heterocycles. The van der Waals surface area contributed by atoms with Crippen LogP contribution in [-0.2, 0) is 0 Å². The number of nitrogens with one attached hydrogen (secondary N) is 2. The molecule has 0 radical (unpaired) electrons. The average molecular weight is 316 g/mol. The minimum absolute atomic E-state index is 0.202. The number of hydrogen-bond donors (Lipinski definition) is 2. The first-order valence-electron chi connectivity index (χ1n) is 7.76. The number of hydrogen-bond acceptors (Lipinski definition) is 7. The Kier molecular flexibility index (Phi) is 4.70. The van der Waals surface area contributed by atoms with Crippen LogP contribution in [0.25, 0.3) is 0 Å². The maximum absolute atomic E-state index is 11.7. The van der Waals surface area contributed by atoms with Gasteiger partial charge >= 0.3 is 0 Å². The van der Waals surface area contributed by atoms with Gasteiger partial charge in [-0.2, -0.15) is 4.98 Å². The molecule has 1 amide bonds. The minimum Gasteiger partial charge on any atom is -0.356 e. The van der Waals surface area contributed by atoms with Gasteiger partial charge in [0, 0.05) is 44.0 Å². The van der Waals surface area contributed by atoms with E-state index in [1.807, 2.05) is 13.0 Å². The SMILES string of the molecule is Cc1cc(N2CCCC2)nc(NCCNC(=O)c2ccno2)n1. The molecule has 2 N–H and O–H groups in total. The van der Waals surface area contributed by atoms with Crippen LogP contribution in [0.1, 0.15) is 29.1 Å². The Balaban J connectivity index is 1.51. The first kappa shape index (κ1) is 15.3. The van der Waals surface area contributed by atoms with Crippen molar-refractivity contribution in [2.45, 2.75) is 19.8 Å². The van der Waals surface area contributed by atoms with E-state index in [4.69, 9.17) is 4.52 Å². The Labute approximate surface area is 134 Å². The fourth-order valence-corrected chi connectivity index (χ4v) is 2.51. The van der Waals surface area contributed by atoms with Crippen LogP contribution >= 0.6 is 0 Å². The predicted octanol–water partition coefficient (Wildman–Crippen LogP) is 1.22. The summed E-state index contributed by atoms with van der Waals surface area (Å²) >= 11 is 0. The number of amides is 1. The Morgan fingerprint density at radius 2 is 2.13 bits per heavy atom. The van der Waals surface area contributed by atoms with Crippen molar-refractivity contribution in [2.24, 2.45) is 0 Å². The molecular weight excluding hydrogens is 296 g/mol. The summed E-state index contributed by atoms with van der Waals surface area (Å²) in [6, 6.07) is 3.52. The summed E-state index contributed by atoms with van der Waals surface area (Å²) in [7, 11) is 0. The van der Waals surface area contributed by atoms with Gasteiger partial charge in [0.25, 0.3) is 5.91 Å². The van der Waals surface area contributed by atoms with Crippen LogP contribution in [0.2, 0.25) is 0 Å². The van der Waals surface area contributed by atoms with Crippen molar-refractivity contribution in [1.82, 2.24) is 20.4 Å². The number of anilines is 2. The zero-order valence-electron chi connectivity index (χ0n) is 13.1. The van der Waals surface area contributed by atoms with Crippen LogP contribution in [0, 0.1) is 6.92 Å². The van der Waals surface area contributed by atoms with Gasteiger partial charge in [-0.05, 0) is 19.8 Å². The van der Waals surface area contributed by atoms with Crippen molar-refractivity contribution in [1.29, 1.82) is 0 Å². The highest BCUT2D eigenvalue weighted by Crippen LogP contribution is 2.19. The third kappa shape index (κ3) is 3.97. The zero-order valence-corrected chi connectivity index (χ0v) is 13.1. The Morgan fingerprint density at radius 1 is 1.30 bits per heavy atom. The highest BCUT2D eigenvalue weighted by Gasteiger charge is 2.15. The van der Waals surface area contributed by atoms with Crippen molar-refractivity contribution >= 4 is 17.7 Å². The van der Waals surface area contributed by atoms with Gasteiger partial charge in [-0.25, -0.2) is 4.98 Å². The lowest BCUT2D eigenvalue weighted by molar-refractivity contribution is 0.0918. The molecule has 0 bridgehead atoms. The summed E-state index contributed by atoms with van der Waals surface area (Å²) in [4.78, 5) is 22.9. The molecule has 23 heavy (non-hydrogen) atoms. The summed E-state index contributed by atoms with van der Waals surface area (Å²) < 4.78 is 4.79. The first-order valence-corrected chi connectivity index (χ1v) is 7.76. The van der Waals surface area contributed by atoms with Crippen LogP contribution < -0.4 is 15.5 Å². The quantitative estimate of drug-likeness (QED) is 0.773. The van der Waals surface area contributed by atoms with E-state index in [0.717, 1.165) is 24.6 Å². The Bertz CT molecular complexity index is 652. The van der Waals surface area contributed by atoms with Crippen LogP contribution in [0.15, 0.2) is 22.9 Å².